The monoisotopic (exact) mass is 302 g/mol. The third kappa shape index (κ3) is 3.50. The minimum atomic E-state index is 0.144. The van der Waals surface area contributed by atoms with Gasteiger partial charge in [-0.1, -0.05) is 25.0 Å². The molecule has 0 radical (unpaired) electrons. The SMILES string of the molecule is NCc1ccc(C(=O)N(CC2CCCO2)C2CCCC2)cc1. The van der Waals surface area contributed by atoms with Gasteiger partial charge in [0, 0.05) is 31.3 Å². The summed E-state index contributed by atoms with van der Waals surface area (Å²) in [5.74, 6) is 0.144. The molecule has 22 heavy (non-hydrogen) atoms. The molecule has 3 rings (SSSR count). The van der Waals surface area contributed by atoms with Crippen LogP contribution in [0.1, 0.15) is 54.4 Å². The molecule has 1 heterocycles. The highest BCUT2D eigenvalue weighted by Crippen LogP contribution is 2.27. The smallest absolute Gasteiger partial charge is 0.254 e. The van der Waals surface area contributed by atoms with Crippen molar-refractivity contribution < 1.29 is 9.53 Å². The van der Waals surface area contributed by atoms with Gasteiger partial charge in [0.05, 0.1) is 6.10 Å². The molecule has 1 aliphatic heterocycles. The number of carbonyl (C=O) groups is 1. The van der Waals surface area contributed by atoms with Gasteiger partial charge in [-0.25, -0.2) is 0 Å². The number of ether oxygens (including phenoxy) is 1. The lowest BCUT2D eigenvalue weighted by atomic mass is 10.1. The molecule has 2 N–H and O–H groups in total. The van der Waals surface area contributed by atoms with Crippen molar-refractivity contribution in [3.63, 3.8) is 0 Å². The predicted molar refractivity (Wildman–Crippen MR) is 86.6 cm³/mol. The van der Waals surface area contributed by atoms with Gasteiger partial charge < -0.3 is 15.4 Å². The molecule has 0 spiro atoms. The zero-order valence-electron chi connectivity index (χ0n) is 13.2. The minimum Gasteiger partial charge on any atom is -0.376 e. The standard InChI is InChI=1S/C18H26N2O2/c19-12-14-7-9-15(10-8-14)18(21)20(16-4-1-2-5-16)13-17-6-3-11-22-17/h7-10,16-17H,1-6,11-13,19H2. The summed E-state index contributed by atoms with van der Waals surface area (Å²) in [7, 11) is 0. The van der Waals surface area contributed by atoms with Crippen molar-refractivity contribution in [1.29, 1.82) is 0 Å². The maximum atomic E-state index is 13.0. The summed E-state index contributed by atoms with van der Waals surface area (Å²) in [6.45, 7) is 2.08. The molecule has 1 amide bonds. The average Bonchev–Trinajstić information content (AvgIpc) is 3.25. The summed E-state index contributed by atoms with van der Waals surface area (Å²) in [5.41, 5.74) is 7.46. The van der Waals surface area contributed by atoms with Crippen LogP contribution in [0.15, 0.2) is 24.3 Å². The van der Waals surface area contributed by atoms with Gasteiger partial charge in [-0.15, -0.1) is 0 Å². The Kier molecular flexibility index (Phi) is 5.11. The predicted octanol–water partition coefficient (Wildman–Crippen LogP) is 2.71. The molecule has 1 aromatic rings. The van der Waals surface area contributed by atoms with E-state index in [4.69, 9.17) is 10.5 Å². The minimum absolute atomic E-state index is 0.144. The molecule has 2 fully saturated rings. The van der Waals surface area contributed by atoms with Gasteiger partial charge >= 0.3 is 0 Å². The molecule has 1 atom stereocenters. The molecule has 2 aliphatic rings. The highest BCUT2D eigenvalue weighted by molar-refractivity contribution is 5.94. The van der Waals surface area contributed by atoms with E-state index in [1.165, 1.54) is 12.8 Å². The van der Waals surface area contributed by atoms with Gasteiger partial charge in [0.15, 0.2) is 0 Å². The van der Waals surface area contributed by atoms with Crippen LogP contribution < -0.4 is 5.73 Å². The first kappa shape index (κ1) is 15.5. The van der Waals surface area contributed by atoms with Crippen LogP contribution in [0.4, 0.5) is 0 Å². The molecule has 4 heteroatoms. The van der Waals surface area contributed by atoms with Crippen LogP contribution in [0.3, 0.4) is 0 Å². The molecule has 1 aromatic carbocycles. The van der Waals surface area contributed by atoms with Crippen LogP contribution in [-0.2, 0) is 11.3 Å². The van der Waals surface area contributed by atoms with Crippen molar-refractivity contribution in [1.82, 2.24) is 4.90 Å². The van der Waals surface area contributed by atoms with Crippen molar-refractivity contribution >= 4 is 5.91 Å². The van der Waals surface area contributed by atoms with Crippen LogP contribution in [0.25, 0.3) is 0 Å². The number of hydrogen-bond donors (Lipinski definition) is 1. The van der Waals surface area contributed by atoms with Crippen molar-refractivity contribution in [3.8, 4) is 0 Å². The Hall–Kier alpha value is -1.39. The van der Waals surface area contributed by atoms with Crippen molar-refractivity contribution in [2.45, 2.75) is 57.2 Å². The van der Waals surface area contributed by atoms with E-state index in [1.807, 2.05) is 24.3 Å². The summed E-state index contributed by atoms with van der Waals surface area (Å²) in [4.78, 5) is 15.0. The van der Waals surface area contributed by atoms with Gasteiger partial charge in [0.25, 0.3) is 5.91 Å². The second-order valence-electron chi connectivity index (χ2n) is 6.43. The Labute approximate surface area is 132 Å². The van der Waals surface area contributed by atoms with Crippen molar-refractivity contribution in [2.75, 3.05) is 13.2 Å². The largest absolute Gasteiger partial charge is 0.376 e. The Morgan fingerprint density at radius 3 is 2.45 bits per heavy atom. The van der Waals surface area contributed by atoms with E-state index >= 15 is 0 Å². The molecule has 1 saturated heterocycles. The summed E-state index contributed by atoms with van der Waals surface area (Å²) >= 11 is 0. The second kappa shape index (κ2) is 7.25. The van der Waals surface area contributed by atoms with Gasteiger partial charge in [0.2, 0.25) is 0 Å². The van der Waals surface area contributed by atoms with Gasteiger partial charge in [-0.3, -0.25) is 4.79 Å². The first-order valence-corrected chi connectivity index (χ1v) is 8.49. The topological polar surface area (TPSA) is 55.6 Å². The lowest BCUT2D eigenvalue weighted by Crippen LogP contribution is -2.43. The molecule has 0 bridgehead atoms. The summed E-state index contributed by atoms with van der Waals surface area (Å²) < 4.78 is 5.76. The molecule has 1 aliphatic carbocycles. The number of amides is 1. The normalized spacial score (nSPS) is 22.1. The Bertz CT molecular complexity index is 488. The number of rotatable bonds is 5. The first-order chi connectivity index (χ1) is 10.8. The zero-order chi connectivity index (χ0) is 15.4. The number of hydrogen-bond acceptors (Lipinski definition) is 3. The van der Waals surface area contributed by atoms with Gasteiger partial charge in [0.1, 0.15) is 0 Å². The maximum absolute atomic E-state index is 13.0. The number of nitrogens with two attached hydrogens (primary N) is 1. The number of benzene rings is 1. The van der Waals surface area contributed by atoms with Gasteiger partial charge in [-0.05, 0) is 43.4 Å². The lowest BCUT2D eigenvalue weighted by molar-refractivity contribution is 0.0420. The summed E-state index contributed by atoms with van der Waals surface area (Å²) in [5, 5.41) is 0. The average molecular weight is 302 g/mol. The molecule has 1 unspecified atom stereocenters. The number of nitrogens with zero attached hydrogens (tertiary/aromatic N) is 1. The Morgan fingerprint density at radius 2 is 1.86 bits per heavy atom. The molecule has 0 aromatic heterocycles. The third-order valence-corrected chi connectivity index (χ3v) is 4.89. The molecule has 1 saturated carbocycles. The molecular formula is C18H26N2O2. The zero-order valence-corrected chi connectivity index (χ0v) is 13.2. The maximum Gasteiger partial charge on any atom is 0.254 e. The van der Waals surface area contributed by atoms with Crippen LogP contribution in [0.5, 0.6) is 0 Å². The lowest BCUT2D eigenvalue weighted by Gasteiger charge is -2.31. The highest BCUT2D eigenvalue weighted by atomic mass is 16.5. The highest BCUT2D eigenvalue weighted by Gasteiger charge is 2.30. The first-order valence-electron chi connectivity index (χ1n) is 8.49. The van der Waals surface area contributed by atoms with E-state index in [0.29, 0.717) is 12.6 Å². The van der Waals surface area contributed by atoms with Crippen LogP contribution in [0.2, 0.25) is 0 Å². The molecule has 4 nitrogen and oxygen atoms in total. The number of carbonyl (C=O) groups excluding carboxylic acids is 1. The van der Waals surface area contributed by atoms with E-state index in [1.54, 1.807) is 0 Å². The van der Waals surface area contributed by atoms with E-state index in [2.05, 4.69) is 4.90 Å². The van der Waals surface area contributed by atoms with E-state index in [-0.39, 0.29) is 12.0 Å². The van der Waals surface area contributed by atoms with E-state index < -0.39 is 0 Å². The van der Waals surface area contributed by atoms with Crippen LogP contribution in [-0.4, -0.2) is 36.1 Å². The summed E-state index contributed by atoms with van der Waals surface area (Å²) in [6, 6.07) is 8.09. The van der Waals surface area contributed by atoms with Crippen LogP contribution in [0, 0.1) is 0 Å². The Morgan fingerprint density at radius 1 is 1.14 bits per heavy atom. The van der Waals surface area contributed by atoms with Gasteiger partial charge in [-0.2, -0.15) is 0 Å². The molecule has 120 valence electrons. The fourth-order valence-electron chi connectivity index (χ4n) is 3.57. The second-order valence-corrected chi connectivity index (χ2v) is 6.43. The summed E-state index contributed by atoms with van der Waals surface area (Å²) in [6.07, 6.45) is 7.11. The fourth-order valence-corrected chi connectivity index (χ4v) is 3.57. The fraction of sp³-hybridized carbons (Fsp3) is 0.611. The quantitative estimate of drug-likeness (QED) is 0.910. The van der Waals surface area contributed by atoms with Crippen LogP contribution >= 0.6 is 0 Å². The van der Waals surface area contributed by atoms with E-state index in [9.17, 15) is 4.79 Å². The third-order valence-electron chi connectivity index (χ3n) is 4.89. The van der Waals surface area contributed by atoms with Crippen molar-refractivity contribution in [3.05, 3.63) is 35.4 Å². The van der Waals surface area contributed by atoms with Crippen molar-refractivity contribution in [2.24, 2.45) is 5.73 Å². The van der Waals surface area contributed by atoms with E-state index in [0.717, 1.165) is 50.0 Å². The molecular weight excluding hydrogens is 276 g/mol. The Balaban J connectivity index is 1.74.